The van der Waals surface area contributed by atoms with E-state index < -0.39 is 0 Å². The summed E-state index contributed by atoms with van der Waals surface area (Å²) >= 11 is 3.50. The summed E-state index contributed by atoms with van der Waals surface area (Å²) in [5.74, 6) is 0.391. The molecule has 0 saturated carbocycles. The lowest BCUT2D eigenvalue weighted by atomic mass is 9.93. The van der Waals surface area contributed by atoms with Crippen molar-refractivity contribution < 1.29 is 5.11 Å². The highest BCUT2D eigenvalue weighted by Gasteiger charge is 2.29. The zero-order chi connectivity index (χ0) is 13.1. The molecule has 1 heterocycles. The van der Waals surface area contributed by atoms with E-state index in [-0.39, 0.29) is 12.1 Å². The minimum absolute atomic E-state index is 0.199. The molecule has 3 N–H and O–H groups in total. The van der Waals surface area contributed by atoms with Crippen molar-refractivity contribution in [1.82, 2.24) is 4.90 Å². The van der Waals surface area contributed by atoms with Gasteiger partial charge in [-0.3, -0.25) is 4.90 Å². The summed E-state index contributed by atoms with van der Waals surface area (Å²) in [6.07, 6.45) is 0.797. The zero-order valence-corrected chi connectivity index (χ0v) is 12.3. The first kappa shape index (κ1) is 14.0. The molecule has 0 aliphatic carbocycles. The van der Waals surface area contributed by atoms with Crippen molar-refractivity contribution >= 4 is 15.9 Å². The van der Waals surface area contributed by atoms with Crippen molar-refractivity contribution in [3.63, 3.8) is 0 Å². The van der Waals surface area contributed by atoms with Crippen LogP contribution in [0.15, 0.2) is 28.7 Å². The number of hydrogen-bond acceptors (Lipinski definition) is 3. The predicted molar refractivity (Wildman–Crippen MR) is 77.3 cm³/mol. The van der Waals surface area contributed by atoms with Crippen LogP contribution >= 0.6 is 15.9 Å². The van der Waals surface area contributed by atoms with Crippen LogP contribution in [0.2, 0.25) is 0 Å². The van der Waals surface area contributed by atoms with Crippen molar-refractivity contribution in [2.45, 2.75) is 25.5 Å². The van der Waals surface area contributed by atoms with E-state index in [4.69, 9.17) is 5.73 Å². The molecule has 0 spiro atoms. The van der Waals surface area contributed by atoms with Gasteiger partial charge in [-0.2, -0.15) is 0 Å². The molecule has 1 saturated heterocycles. The molecule has 1 aromatic rings. The maximum absolute atomic E-state index is 10.0. The fourth-order valence-corrected chi connectivity index (χ4v) is 2.98. The van der Waals surface area contributed by atoms with Gasteiger partial charge in [-0.05, 0) is 36.6 Å². The fraction of sp³-hybridized carbons (Fsp3) is 0.571. The molecule has 0 aromatic heterocycles. The van der Waals surface area contributed by atoms with Gasteiger partial charge >= 0.3 is 0 Å². The number of likely N-dealkylation sites (tertiary alicyclic amines) is 1. The summed E-state index contributed by atoms with van der Waals surface area (Å²) in [6.45, 7) is 4.41. The number of nitrogens with zero attached hydrogens (tertiary/aromatic N) is 1. The molecule has 100 valence electrons. The minimum Gasteiger partial charge on any atom is -0.392 e. The summed E-state index contributed by atoms with van der Waals surface area (Å²) in [5.41, 5.74) is 7.14. The molecule has 1 aliphatic rings. The van der Waals surface area contributed by atoms with E-state index in [1.54, 1.807) is 0 Å². The second-order valence-electron chi connectivity index (χ2n) is 5.13. The number of rotatable bonds is 3. The molecule has 4 heteroatoms. The van der Waals surface area contributed by atoms with Gasteiger partial charge in [0.2, 0.25) is 0 Å². The van der Waals surface area contributed by atoms with E-state index in [9.17, 15) is 5.11 Å². The summed E-state index contributed by atoms with van der Waals surface area (Å²) in [6, 6.07) is 8.47. The van der Waals surface area contributed by atoms with E-state index in [1.165, 1.54) is 5.56 Å². The van der Waals surface area contributed by atoms with Gasteiger partial charge in [0.1, 0.15) is 0 Å². The van der Waals surface area contributed by atoms with Crippen molar-refractivity contribution in [1.29, 1.82) is 0 Å². The van der Waals surface area contributed by atoms with E-state index >= 15 is 0 Å². The number of hydrogen-bond donors (Lipinski definition) is 2. The third-order valence-corrected chi connectivity index (χ3v) is 4.34. The number of aliphatic hydroxyl groups excluding tert-OH is 1. The molecule has 1 fully saturated rings. The molecular formula is C14H21BrN2O. The monoisotopic (exact) mass is 312 g/mol. The number of benzene rings is 1. The first-order valence-electron chi connectivity index (χ1n) is 6.49. The molecule has 3 unspecified atom stereocenters. The van der Waals surface area contributed by atoms with Gasteiger partial charge in [-0.25, -0.2) is 0 Å². The average Bonchev–Trinajstić information content (AvgIpc) is 2.35. The van der Waals surface area contributed by atoms with E-state index in [2.05, 4.69) is 39.9 Å². The zero-order valence-electron chi connectivity index (χ0n) is 10.7. The SMILES string of the molecule is CC1CCN(C(CN)c2cccc(Br)c2)CC1O. The van der Waals surface area contributed by atoms with Gasteiger partial charge in [0.25, 0.3) is 0 Å². The molecular weight excluding hydrogens is 292 g/mol. The topological polar surface area (TPSA) is 49.5 Å². The smallest absolute Gasteiger partial charge is 0.0693 e. The summed E-state index contributed by atoms with van der Waals surface area (Å²) in [7, 11) is 0. The fourth-order valence-electron chi connectivity index (χ4n) is 2.57. The van der Waals surface area contributed by atoms with Gasteiger partial charge < -0.3 is 10.8 Å². The summed E-state index contributed by atoms with van der Waals surface area (Å²) in [4.78, 5) is 2.30. The Kier molecular flexibility index (Phi) is 4.78. The van der Waals surface area contributed by atoms with Crippen LogP contribution in [0.3, 0.4) is 0 Å². The van der Waals surface area contributed by atoms with E-state index in [0.717, 1.165) is 24.0 Å². The van der Waals surface area contributed by atoms with Crippen LogP contribution < -0.4 is 5.73 Å². The van der Waals surface area contributed by atoms with Crippen molar-refractivity contribution in [3.8, 4) is 0 Å². The largest absolute Gasteiger partial charge is 0.392 e. The second-order valence-corrected chi connectivity index (χ2v) is 6.05. The Balaban J connectivity index is 2.14. The van der Waals surface area contributed by atoms with Crippen LogP contribution in [0.4, 0.5) is 0 Å². The minimum atomic E-state index is -0.236. The van der Waals surface area contributed by atoms with Crippen molar-refractivity contribution in [3.05, 3.63) is 34.3 Å². The molecule has 0 amide bonds. The predicted octanol–water partition coefficient (Wildman–Crippen LogP) is 2.15. The van der Waals surface area contributed by atoms with Gasteiger partial charge in [0.15, 0.2) is 0 Å². The Hall–Kier alpha value is -0.420. The highest BCUT2D eigenvalue weighted by Crippen LogP contribution is 2.27. The third kappa shape index (κ3) is 3.12. The van der Waals surface area contributed by atoms with Crippen LogP contribution in [0.1, 0.15) is 24.9 Å². The lowest BCUT2D eigenvalue weighted by Crippen LogP contribution is -2.46. The molecule has 2 rings (SSSR count). The highest BCUT2D eigenvalue weighted by atomic mass is 79.9. The number of β-amino-alcohol motifs (C(OH)–C–C–N with tert-alkyl or cyclic N) is 1. The van der Waals surface area contributed by atoms with Crippen LogP contribution in [0.25, 0.3) is 0 Å². The molecule has 1 aliphatic heterocycles. The van der Waals surface area contributed by atoms with E-state index in [0.29, 0.717) is 12.5 Å². The Bertz CT molecular complexity index is 399. The molecule has 0 bridgehead atoms. The molecule has 3 nitrogen and oxygen atoms in total. The lowest BCUT2D eigenvalue weighted by molar-refractivity contribution is 0.0111. The second kappa shape index (κ2) is 6.15. The first-order chi connectivity index (χ1) is 8.61. The normalized spacial score (nSPS) is 27.1. The quantitative estimate of drug-likeness (QED) is 0.899. The van der Waals surface area contributed by atoms with Crippen LogP contribution in [0, 0.1) is 5.92 Å². The lowest BCUT2D eigenvalue weighted by Gasteiger charge is -2.39. The molecule has 0 radical (unpaired) electrons. The van der Waals surface area contributed by atoms with Gasteiger partial charge in [0.05, 0.1) is 6.10 Å². The molecule has 1 aromatic carbocycles. The number of nitrogens with two attached hydrogens (primary N) is 1. The average molecular weight is 313 g/mol. The van der Waals surface area contributed by atoms with Crippen molar-refractivity contribution in [2.24, 2.45) is 11.7 Å². The number of halogens is 1. The van der Waals surface area contributed by atoms with Gasteiger partial charge in [-0.15, -0.1) is 0 Å². The van der Waals surface area contributed by atoms with Crippen LogP contribution in [0.5, 0.6) is 0 Å². The van der Waals surface area contributed by atoms with Gasteiger partial charge in [0, 0.05) is 23.6 Å². The standard InChI is InChI=1S/C14H21BrN2O/c1-10-5-6-17(9-14(10)18)13(8-16)11-3-2-4-12(15)7-11/h2-4,7,10,13-14,18H,5-6,8-9,16H2,1H3. The molecule has 3 atom stereocenters. The Labute approximate surface area is 117 Å². The summed E-state index contributed by atoms with van der Waals surface area (Å²) < 4.78 is 1.07. The highest BCUT2D eigenvalue weighted by molar-refractivity contribution is 9.10. The third-order valence-electron chi connectivity index (χ3n) is 3.85. The van der Waals surface area contributed by atoms with E-state index in [1.807, 2.05) is 12.1 Å². The number of piperidine rings is 1. The maximum Gasteiger partial charge on any atom is 0.0693 e. The van der Waals surface area contributed by atoms with Crippen molar-refractivity contribution in [2.75, 3.05) is 19.6 Å². The first-order valence-corrected chi connectivity index (χ1v) is 7.28. The van der Waals surface area contributed by atoms with Crippen LogP contribution in [-0.4, -0.2) is 35.7 Å². The summed E-state index contributed by atoms with van der Waals surface area (Å²) in [5, 5.41) is 10.0. The Morgan fingerprint density at radius 1 is 1.56 bits per heavy atom. The van der Waals surface area contributed by atoms with Crippen LogP contribution in [-0.2, 0) is 0 Å². The maximum atomic E-state index is 10.0. The number of aliphatic hydroxyl groups is 1. The molecule has 18 heavy (non-hydrogen) atoms. The van der Waals surface area contributed by atoms with Gasteiger partial charge in [-0.1, -0.05) is 35.0 Å². The Morgan fingerprint density at radius 3 is 2.94 bits per heavy atom. The Morgan fingerprint density at radius 2 is 2.33 bits per heavy atom.